The number of aryl methyl sites for hydroxylation is 1. The Balaban J connectivity index is 2.62. The van der Waals surface area contributed by atoms with Crippen LogP contribution in [-0.4, -0.2) is 24.5 Å². The van der Waals surface area contributed by atoms with Crippen LogP contribution in [-0.2, 0) is 7.05 Å². The molecule has 0 aromatic carbocycles. The molecule has 2 rings (SSSR count). The van der Waals surface area contributed by atoms with Crippen molar-refractivity contribution in [2.24, 2.45) is 7.05 Å². The summed E-state index contributed by atoms with van der Waals surface area (Å²) in [6.07, 6.45) is 3.39. The van der Waals surface area contributed by atoms with Crippen molar-refractivity contribution in [2.45, 2.75) is 19.9 Å². The van der Waals surface area contributed by atoms with E-state index < -0.39 is 0 Å². The molecule has 7 heteroatoms. The van der Waals surface area contributed by atoms with Gasteiger partial charge in [-0.3, -0.25) is 9.25 Å². The van der Waals surface area contributed by atoms with Crippen LogP contribution < -0.4 is 11.4 Å². The van der Waals surface area contributed by atoms with E-state index in [1.807, 2.05) is 13.8 Å². The lowest BCUT2D eigenvalue weighted by molar-refractivity contribution is 0.565. The zero-order valence-electron chi connectivity index (χ0n) is 9.95. The van der Waals surface area contributed by atoms with Gasteiger partial charge in [0.05, 0.1) is 11.8 Å². The van der Waals surface area contributed by atoms with Gasteiger partial charge < -0.3 is 5.73 Å². The molecule has 7 nitrogen and oxygen atoms in total. The molecule has 2 aromatic heterocycles. The lowest BCUT2D eigenvalue weighted by atomic mass is 10.2. The van der Waals surface area contributed by atoms with E-state index in [0.29, 0.717) is 11.3 Å². The minimum Gasteiger partial charge on any atom is -0.383 e. The fourth-order valence-electron chi connectivity index (χ4n) is 1.52. The number of nitrogens with zero attached hydrogens (tertiary/aromatic N) is 5. The van der Waals surface area contributed by atoms with Crippen LogP contribution in [0.15, 0.2) is 17.2 Å². The summed E-state index contributed by atoms with van der Waals surface area (Å²) in [5, 5.41) is 7.78. The van der Waals surface area contributed by atoms with Crippen molar-refractivity contribution in [3.8, 4) is 11.3 Å². The Morgan fingerprint density at radius 3 is 2.59 bits per heavy atom. The molecule has 90 valence electrons. The molecular weight excluding hydrogens is 220 g/mol. The molecule has 0 radical (unpaired) electrons. The number of hydrogen-bond acceptors (Lipinski definition) is 5. The number of rotatable bonds is 2. The molecule has 2 aromatic rings. The molecule has 0 saturated carbocycles. The van der Waals surface area contributed by atoms with Gasteiger partial charge in [-0.1, -0.05) is 5.21 Å². The van der Waals surface area contributed by atoms with Gasteiger partial charge in [0, 0.05) is 19.3 Å². The van der Waals surface area contributed by atoms with Gasteiger partial charge in [0.15, 0.2) is 0 Å². The molecule has 0 unspecified atom stereocenters. The highest BCUT2D eigenvalue weighted by molar-refractivity contribution is 5.68. The van der Waals surface area contributed by atoms with Gasteiger partial charge in [0.25, 0.3) is 0 Å². The maximum atomic E-state index is 11.6. The van der Waals surface area contributed by atoms with Gasteiger partial charge >= 0.3 is 5.69 Å². The largest absolute Gasteiger partial charge is 0.383 e. The monoisotopic (exact) mass is 234 g/mol. The zero-order valence-corrected chi connectivity index (χ0v) is 9.95. The van der Waals surface area contributed by atoms with Crippen molar-refractivity contribution in [1.29, 1.82) is 0 Å². The number of nitrogens with two attached hydrogens (primary N) is 1. The van der Waals surface area contributed by atoms with Crippen molar-refractivity contribution < 1.29 is 0 Å². The lowest BCUT2D eigenvalue weighted by Crippen LogP contribution is -2.25. The SMILES string of the molecule is CC(C)n1cc(-c2cn(C)nn2)c(N)nc1=O. The smallest absolute Gasteiger partial charge is 0.349 e. The van der Waals surface area contributed by atoms with Crippen molar-refractivity contribution in [2.75, 3.05) is 5.73 Å². The Bertz CT molecular complexity index is 597. The first-order valence-electron chi connectivity index (χ1n) is 5.24. The van der Waals surface area contributed by atoms with E-state index in [1.165, 1.54) is 4.57 Å². The van der Waals surface area contributed by atoms with E-state index >= 15 is 0 Å². The maximum Gasteiger partial charge on any atom is 0.349 e. The fraction of sp³-hybridized carbons (Fsp3) is 0.400. The summed E-state index contributed by atoms with van der Waals surface area (Å²) in [6, 6.07) is 0.0195. The maximum absolute atomic E-state index is 11.6. The molecule has 2 N–H and O–H groups in total. The predicted octanol–water partition coefficient (Wildman–Crippen LogP) is 0.202. The van der Waals surface area contributed by atoms with E-state index in [9.17, 15) is 4.79 Å². The Morgan fingerprint density at radius 2 is 2.06 bits per heavy atom. The van der Waals surface area contributed by atoms with Gasteiger partial charge in [-0.15, -0.1) is 5.10 Å². The zero-order chi connectivity index (χ0) is 12.6. The second kappa shape index (κ2) is 4.00. The first-order chi connectivity index (χ1) is 7.99. The summed E-state index contributed by atoms with van der Waals surface area (Å²) in [4.78, 5) is 15.4. The van der Waals surface area contributed by atoms with Crippen LogP contribution in [0.1, 0.15) is 19.9 Å². The molecule has 17 heavy (non-hydrogen) atoms. The van der Waals surface area contributed by atoms with E-state index in [1.54, 1.807) is 24.1 Å². The van der Waals surface area contributed by atoms with Gasteiger partial charge in [-0.05, 0) is 13.8 Å². The molecule has 0 atom stereocenters. The van der Waals surface area contributed by atoms with E-state index in [2.05, 4.69) is 15.3 Å². The second-order valence-electron chi connectivity index (χ2n) is 4.10. The normalized spacial score (nSPS) is 11.1. The van der Waals surface area contributed by atoms with Crippen LogP contribution in [0.5, 0.6) is 0 Å². The number of aromatic nitrogens is 5. The Morgan fingerprint density at radius 1 is 1.35 bits per heavy atom. The summed E-state index contributed by atoms with van der Waals surface area (Å²) in [7, 11) is 1.76. The molecule has 0 aliphatic heterocycles. The summed E-state index contributed by atoms with van der Waals surface area (Å²) < 4.78 is 3.08. The van der Waals surface area contributed by atoms with Crippen LogP contribution in [0.25, 0.3) is 11.3 Å². The molecule has 0 bridgehead atoms. The molecular formula is C10H14N6O. The third-order valence-electron chi connectivity index (χ3n) is 2.42. The first kappa shape index (κ1) is 11.3. The minimum atomic E-state index is -0.356. The average molecular weight is 234 g/mol. The molecule has 0 aliphatic rings. The highest BCUT2D eigenvalue weighted by atomic mass is 16.1. The predicted molar refractivity (Wildman–Crippen MR) is 63.3 cm³/mol. The summed E-state index contributed by atoms with van der Waals surface area (Å²) >= 11 is 0. The van der Waals surface area contributed by atoms with Crippen LogP contribution >= 0.6 is 0 Å². The third-order valence-corrected chi connectivity index (χ3v) is 2.42. The van der Waals surface area contributed by atoms with Crippen molar-refractivity contribution in [1.82, 2.24) is 24.5 Å². The van der Waals surface area contributed by atoms with Crippen molar-refractivity contribution in [3.05, 3.63) is 22.9 Å². The molecule has 2 heterocycles. The Kier molecular flexibility index (Phi) is 2.66. The van der Waals surface area contributed by atoms with Crippen LogP contribution in [0, 0.1) is 0 Å². The molecule has 0 saturated heterocycles. The topological polar surface area (TPSA) is 91.6 Å². The molecule has 0 spiro atoms. The molecule has 0 amide bonds. The van der Waals surface area contributed by atoms with Gasteiger partial charge in [-0.25, -0.2) is 4.79 Å². The Hall–Kier alpha value is -2.18. The highest BCUT2D eigenvalue weighted by Gasteiger charge is 2.12. The minimum absolute atomic E-state index is 0.0195. The summed E-state index contributed by atoms with van der Waals surface area (Å²) in [6.45, 7) is 3.81. The van der Waals surface area contributed by atoms with Gasteiger partial charge in [0.2, 0.25) is 0 Å². The second-order valence-corrected chi connectivity index (χ2v) is 4.10. The average Bonchev–Trinajstić information content (AvgIpc) is 2.64. The van der Waals surface area contributed by atoms with Crippen LogP contribution in [0.2, 0.25) is 0 Å². The van der Waals surface area contributed by atoms with Gasteiger partial charge in [-0.2, -0.15) is 4.98 Å². The standard InChI is InChI=1S/C10H14N6O/c1-6(2)16-4-7(9(11)12-10(16)17)8-5-15(3)14-13-8/h4-6H,1-3H3,(H2,11,12,17). The van der Waals surface area contributed by atoms with Crippen molar-refractivity contribution >= 4 is 5.82 Å². The van der Waals surface area contributed by atoms with Crippen LogP contribution in [0.4, 0.5) is 5.82 Å². The Labute approximate surface area is 97.9 Å². The number of hydrogen-bond donors (Lipinski definition) is 1. The number of nitrogen functional groups attached to an aromatic ring is 1. The molecule has 0 aliphatic carbocycles. The van der Waals surface area contributed by atoms with Gasteiger partial charge in [0.1, 0.15) is 11.5 Å². The lowest BCUT2D eigenvalue weighted by Gasteiger charge is -2.11. The van der Waals surface area contributed by atoms with E-state index in [0.717, 1.165) is 0 Å². The van der Waals surface area contributed by atoms with Crippen molar-refractivity contribution in [3.63, 3.8) is 0 Å². The summed E-state index contributed by atoms with van der Waals surface area (Å²) in [5.74, 6) is 0.174. The third kappa shape index (κ3) is 2.03. The quantitative estimate of drug-likeness (QED) is 0.801. The fourth-order valence-corrected chi connectivity index (χ4v) is 1.52. The van der Waals surface area contributed by atoms with E-state index in [-0.39, 0.29) is 17.5 Å². The highest BCUT2D eigenvalue weighted by Crippen LogP contribution is 2.20. The summed E-state index contributed by atoms with van der Waals surface area (Å²) in [5.41, 5.74) is 6.59. The van der Waals surface area contributed by atoms with Crippen LogP contribution in [0.3, 0.4) is 0 Å². The first-order valence-corrected chi connectivity index (χ1v) is 5.24. The number of anilines is 1. The van der Waals surface area contributed by atoms with E-state index in [4.69, 9.17) is 5.73 Å². The molecule has 0 fully saturated rings.